The fourth-order valence-electron chi connectivity index (χ4n) is 0.858. The van der Waals surface area contributed by atoms with Crippen LogP contribution < -0.4 is 4.74 Å². The SMILES string of the molecule is N#Cc1cc(Cl)nc(OCC(F)(F)C(F)(F)F)c1. The van der Waals surface area contributed by atoms with Gasteiger partial charge in [-0.1, -0.05) is 11.6 Å². The van der Waals surface area contributed by atoms with Crippen molar-refractivity contribution in [2.75, 3.05) is 6.61 Å². The Morgan fingerprint density at radius 3 is 2.39 bits per heavy atom. The van der Waals surface area contributed by atoms with Crippen molar-refractivity contribution in [2.24, 2.45) is 0 Å². The number of rotatable bonds is 3. The van der Waals surface area contributed by atoms with Crippen LogP contribution in [0.5, 0.6) is 5.88 Å². The third kappa shape index (κ3) is 3.43. The minimum absolute atomic E-state index is 0.0691. The highest BCUT2D eigenvalue weighted by molar-refractivity contribution is 6.29. The lowest BCUT2D eigenvalue weighted by atomic mass is 10.3. The Hall–Kier alpha value is -1.62. The molecule has 1 aromatic heterocycles. The smallest absolute Gasteiger partial charge is 0.456 e. The van der Waals surface area contributed by atoms with E-state index in [1.54, 1.807) is 6.07 Å². The summed E-state index contributed by atoms with van der Waals surface area (Å²) in [7, 11) is 0. The molecule has 0 bridgehead atoms. The Balaban J connectivity index is 2.82. The van der Waals surface area contributed by atoms with Crippen LogP contribution in [-0.2, 0) is 0 Å². The molecule has 0 aliphatic carbocycles. The lowest BCUT2D eigenvalue weighted by molar-refractivity contribution is -0.290. The molecular weight excluding hydrogens is 283 g/mol. The summed E-state index contributed by atoms with van der Waals surface area (Å²) >= 11 is 5.42. The van der Waals surface area contributed by atoms with Gasteiger partial charge in [-0.25, -0.2) is 4.98 Å². The molecule has 1 rings (SSSR count). The first-order valence-electron chi connectivity index (χ1n) is 4.31. The van der Waals surface area contributed by atoms with Gasteiger partial charge < -0.3 is 4.74 Å². The molecule has 0 aromatic carbocycles. The van der Waals surface area contributed by atoms with Gasteiger partial charge in [-0.15, -0.1) is 0 Å². The first kappa shape index (κ1) is 14.4. The van der Waals surface area contributed by atoms with E-state index in [1.807, 2.05) is 0 Å². The second kappa shape index (κ2) is 4.94. The Morgan fingerprint density at radius 2 is 1.89 bits per heavy atom. The van der Waals surface area contributed by atoms with Crippen LogP contribution in [0.15, 0.2) is 12.1 Å². The maximum atomic E-state index is 12.5. The molecule has 0 amide bonds. The quantitative estimate of drug-likeness (QED) is 0.633. The van der Waals surface area contributed by atoms with E-state index in [9.17, 15) is 22.0 Å². The number of pyridine rings is 1. The molecule has 0 N–H and O–H groups in total. The van der Waals surface area contributed by atoms with Crippen molar-refractivity contribution in [1.82, 2.24) is 4.98 Å². The normalized spacial score (nSPS) is 12.1. The number of ether oxygens (including phenoxy) is 1. The van der Waals surface area contributed by atoms with Gasteiger partial charge >= 0.3 is 12.1 Å². The number of hydrogen-bond acceptors (Lipinski definition) is 3. The van der Waals surface area contributed by atoms with Gasteiger partial charge in [0.05, 0.1) is 11.6 Å². The van der Waals surface area contributed by atoms with Crippen LogP contribution in [0, 0.1) is 11.3 Å². The Labute approximate surface area is 103 Å². The molecule has 0 aliphatic heterocycles. The fraction of sp³-hybridized carbons (Fsp3) is 0.333. The van der Waals surface area contributed by atoms with E-state index in [-0.39, 0.29) is 10.7 Å². The Bertz CT molecular complexity index is 483. The molecule has 9 heteroatoms. The van der Waals surface area contributed by atoms with Crippen LogP contribution >= 0.6 is 11.6 Å². The summed E-state index contributed by atoms with van der Waals surface area (Å²) in [6.07, 6.45) is -5.72. The van der Waals surface area contributed by atoms with E-state index in [4.69, 9.17) is 16.9 Å². The highest BCUT2D eigenvalue weighted by Gasteiger charge is 2.58. The molecule has 3 nitrogen and oxygen atoms in total. The summed E-state index contributed by atoms with van der Waals surface area (Å²) in [6, 6.07) is 3.63. The molecule has 1 heterocycles. The van der Waals surface area contributed by atoms with Crippen LogP contribution in [0.4, 0.5) is 22.0 Å². The topological polar surface area (TPSA) is 45.9 Å². The maximum absolute atomic E-state index is 12.5. The van der Waals surface area contributed by atoms with Crippen molar-refractivity contribution in [3.8, 4) is 11.9 Å². The molecule has 0 spiro atoms. The number of nitriles is 1. The summed E-state index contributed by atoms with van der Waals surface area (Å²) in [5, 5.41) is 8.27. The minimum Gasteiger partial charge on any atom is -0.471 e. The Kier molecular flexibility index (Phi) is 3.96. The van der Waals surface area contributed by atoms with Crippen molar-refractivity contribution in [3.05, 3.63) is 22.8 Å². The average Bonchev–Trinajstić information content (AvgIpc) is 2.24. The fourth-order valence-corrected chi connectivity index (χ4v) is 1.06. The zero-order valence-electron chi connectivity index (χ0n) is 8.43. The molecule has 0 fully saturated rings. The number of halogens is 6. The van der Waals surface area contributed by atoms with E-state index in [1.165, 1.54) is 0 Å². The summed E-state index contributed by atoms with van der Waals surface area (Å²) in [4.78, 5) is 3.36. The van der Waals surface area contributed by atoms with Gasteiger partial charge in [0, 0.05) is 6.07 Å². The molecule has 0 atom stereocenters. The van der Waals surface area contributed by atoms with Crippen LogP contribution in [0.25, 0.3) is 0 Å². The highest BCUT2D eigenvalue weighted by atomic mass is 35.5. The zero-order valence-corrected chi connectivity index (χ0v) is 9.19. The van der Waals surface area contributed by atoms with Gasteiger partial charge in [0.15, 0.2) is 6.61 Å². The minimum atomic E-state index is -5.72. The van der Waals surface area contributed by atoms with E-state index >= 15 is 0 Å². The van der Waals surface area contributed by atoms with E-state index in [0.717, 1.165) is 12.1 Å². The van der Waals surface area contributed by atoms with E-state index in [0.29, 0.717) is 0 Å². The summed E-state index contributed by atoms with van der Waals surface area (Å²) in [5.41, 5.74) is -0.0691. The lowest BCUT2D eigenvalue weighted by Gasteiger charge is -2.19. The second-order valence-corrected chi connectivity index (χ2v) is 3.51. The molecule has 0 radical (unpaired) electrons. The monoisotopic (exact) mass is 286 g/mol. The van der Waals surface area contributed by atoms with Crippen LogP contribution in [0.3, 0.4) is 0 Å². The second-order valence-electron chi connectivity index (χ2n) is 3.12. The number of nitrogens with zero attached hydrogens (tertiary/aromatic N) is 2. The van der Waals surface area contributed by atoms with Crippen LogP contribution in [0.2, 0.25) is 5.15 Å². The maximum Gasteiger partial charge on any atom is 0.456 e. The molecule has 0 saturated carbocycles. The summed E-state index contributed by atoms with van der Waals surface area (Å²) in [6.45, 7) is -1.94. The standard InChI is InChI=1S/C9H4ClF5N2O/c10-6-1-5(3-16)2-7(17-6)18-4-8(11,12)9(13,14)15/h1-2H,4H2. The first-order valence-corrected chi connectivity index (χ1v) is 4.68. The van der Waals surface area contributed by atoms with Gasteiger partial charge in [-0.05, 0) is 6.07 Å². The van der Waals surface area contributed by atoms with Crippen molar-refractivity contribution >= 4 is 11.6 Å². The number of hydrogen-bond donors (Lipinski definition) is 0. The molecule has 18 heavy (non-hydrogen) atoms. The number of aromatic nitrogens is 1. The molecule has 0 unspecified atom stereocenters. The lowest BCUT2D eigenvalue weighted by Crippen LogP contribution is -2.41. The van der Waals surface area contributed by atoms with Crippen molar-refractivity contribution in [1.29, 1.82) is 5.26 Å². The van der Waals surface area contributed by atoms with Crippen molar-refractivity contribution in [2.45, 2.75) is 12.1 Å². The van der Waals surface area contributed by atoms with E-state index < -0.39 is 24.6 Å². The largest absolute Gasteiger partial charge is 0.471 e. The van der Waals surface area contributed by atoms with E-state index in [2.05, 4.69) is 9.72 Å². The predicted octanol–water partition coefficient (Wildman–Crippen LogP) is 3.18. The van der Waals surface area contributed by atoms with Gasteiger partial charge in [-0.3, -0.25) is 0 Å². The van der Waals surface area contributed by atoms with Gasteiger partial charge in [0.25, 0.3) is 0 Å². The van der Waals surface area contributed by atoms with Crippen LogP contribution in [0.1, 0.15) is 5.56 Å². The summed E-state index contributed by atoms with van der Waals surface area (Å²) < 4.78 is 64.7. The van der Waals surface area contributed by atoms with Gasteiger partial charge in [0.1, 0.15) is 5.15 Å². The zero-order chi connectivity index (χ0) is 14.0. The molecular formula is C9H4ClF5N2O. The molecule has 1 aromatic rings. The van der Waals surface area contributed by atoms with Crippen molar-refractivity contribution in [3.63, 3.8) is 0 Å². The highest BCUT2D eigenvalue weighted by Crippen LogP contribution is 2.35. The molecule has 0 aliphatic rings. The van der Waals surface area contributed by atoms with Crippen molar-refractivity contribution < 1.29 is 26.7 Å². The van der Waals surface area contributed by atoms with Gasteiger partial charge in [0.2, 0.25) is 5.88 Å². The Morgan fingerprint density at radius 1 is 1.28 bits per heavy atom. The third-order valence-electron chi connectivity index (χ3n) is 1.72. The molecule has 98 valence electrons. The first-order chi connectivity index (χ1) is 8.15. The third-order valence-corrected chi connectivity index (χ3v) is 1.91. The summed E-state index contributed by atoms with van der Waals surface area (Å²) in [5.74, 6) is -5.59. The molecule has 0 saturated heterocycles. The predicted molar refractivity (Wildman–Crippen MR) is 50.5 cm³/mol. The van der Waals surface area contributed by atoms with Gasteiger partial charge in [-0.2, -0.15) is 27.2 Å². The average molecular weight is 287 g/mol. The number of alkyl halides is 5. The van der Waals surface area contributed by atoms with Crippen LogP contribution in [-0.4, -0.2) is 23.7 Å².